The van der Waals surface area contributed by atoms with E-state index in [9.17, 15) is 9.59 Å². The number of methoxy groups -OCH3 is 1. The minimum Gasteiger partial charge on any atom is -0.496 e. The standard InChI is InChI=1S/C21H26N2O3/c1-17(24)23(14-12-19-10-6-7-11-20(19)26-2)15-13-21(25)22-16-18-8-4-3-5-9-18/h3-11H,12-16H2,1-2H3,(H,22,25). The van der Waals surface area contributed by atoms with Gasteiger partial charge in [0.05, 0.1) is 7.11 Å². The zero-order valence-electron chi connectivity index (χ0n) is 15.4. The summed E-state index contributed by atoms with van der Waals surface area (Å²) in [4.78, 5) is 25.6. The van der Waals surface area contributed by atoms with Crippen LogP contribution < -0.4 is 10.1 Å². The quantitative estimate of drug-likeness (QED) is 0.753. The summed E-state index contributed by atoms with van der Waals surface area (Å²) in [6, 6.07) is 17.5. The lowest BCUT2D eigenvalue weighted by atomic mass is 10.1. The third-order valence-corrected chi connectivity index (χ3v) is 4.23. The predicted molar refractivity (Wildman–Crippen MR) is 102 cm³/mol. The molecule has 0 spiro atoms. The van der Waals surface area contributed by atoms with Gasteiger partial charge in [-0.1, -0.05) is 48.5 Å². The van der Waals surface area contributed by atoms with Crippen molar-refractivity contribution in [1.29, 1.82) is 0 Å². The van der Waals surface area contributed by atoms with Crippen molar-refractivity contribution in [3.63, 3.8) is 0 Å². The van der Waals surface area contributed by atoms with E-state index in [0.29, 0.717) is 32.5 Å². The molecule has 2 rings (SSSR count). The van der Waals surface area contributed by atoms with Crippen LogP contribution in [0.3, 0.4) is 0 Å². The van der Waals surface area contributed by atoms with E-state index >= 15 is 0 Å². The Morgan fingerprint density at radius 3 is 2.38 bits per heavy atom. The Hall–Kier alpha value is -2.82. The van der Waals surface area contributed by atoms with Gasteiger partial charge < -0.3 is 15.0 Å². The molecule has 0 bridgehead atoms. The van der Waals surface area contributed by atoms with Crippen LogP contribution in [0.15, 0.2) is 54.6 Å². The van der Waals surface area contributed by atoms with Crippen LogP contribution in [0.1, 0.15) is 24.5 Å². The maximum atomic E-state index is 12.0. The second-order valence-electron chi connectivity index (χ2n) is 6.08. The Morgan fingerprint density at radius 1 is 1.00 bits per heavy atom. The van der Waals surface area contributed by atoms with E-state index in [0.717, 1.165) is 16.9 Å². The molecule has 0 aliphatic carbocycles. The zero-order chi connectivity index (χ0) is 18.8. The van der Waals surface area contributed by atoms with E-state index in [1.807, 2.05) is 54.6 Å². The molecule has 138 valence electrons. The highest BCUT2D eigenvalue weighted by Crippen LogP contribution is 2.18. The van der Waals surface area contributed by atoms with Gasteiger partial charge in [0.15, 0.2) is 0 Å². The molecule has 5 nitrogen and oxygen atoms in total. The van der Waals surface area contributed by atoms with Gasteiger partial charge in [0, 0.05) is 33.0 Å². The molecule has 2 aromatic rings. The molecule has 0 unspecified atom stereocenters. The molecule has 0 heterocycles. The van der Waals surface area contributed by atoms with E-state index < -0.39 is 0 Å². The molecular weight excluding hydrogens is 328 g/mol. The van der Waals surface area contributed by atoms with Crippen molar-refractivity contribution in [3.8, 4) is 5.75 Å². The average Bonchev–Trinajstić information content (AvgIpc) is 2.67. The molecule has 0 radical (unpaired) electrons. The number of rotatable bonds is 9. The monoisotopic (exact) mass is 354 g/mol. The summed E-state index contributed by atoms with van der Waals surface area (Å²) < 4.78 is 5.34. The number of nitrogens with zero attached hydrogens (tertiary/aromatic N) is 1. The highest BCUT2D eigenvalue weighted by atomic mass is 16.5. The fourth-order valence-corrected chi connectivity index (χ4v) is 2.71. The van der Waals surface area contributed by atoms with Crippen molar-refractivity contribution in [2.75, 3.05) is 20.2 Å². The zero-order valence-corrected chi connectivity index (χ0v) is 15.4. The highest BCUT2D eigenvalue weighted by Gasteiger charge is 2.12. The van der Waals surface area contributed by atoms with Gasteiger partial charge in [-0.15, -0.1) is 0 Å². The molecule has 0 saturated heterocycles. The molecule has 0 aromatic heterocycles. The molecule has 2 aromatic carbocycles. The predicted octanol–water partition coefficient (Wildman–Crippen LogP) is 2.79. The van der Waals surface area contributed by atoms with Gasteiger partial charge >= 0.3 is 0 Å². The SMILES string of the molecule is COc1ccccc1CCN(CCC(=O)NCc1ccccc1)C(C)=O. The number of benzene rings is 2. The van der Waals surface area contributed by atoms with Gasteiger partial charge in [-0.3, -0.25) is 9.59 Å². The summed E-state index contributed by atoms with van der Waals surface area (Å²) in [6.07, 6.45) is 0.980. The number of nitrogens with one attached hydrogen (secondary N) is 1. The van der Waals surface area contributed by atoms with Crippen LogP contribution in [0.2, 0.25) is 0 Å². The van der Waals surface area contributed by atoms with Gasteiger partial charge in [0.2, 0.25) is 11.8 Å². The van der Waals surface area contributed by atoms with Crippen LogP contribution in [0.25, 0.3) is 0 Å². The molecule has 0 atom stereocenters. The highest BCUT2D eigenvalue weighted by molar-refractivity contribution is 5.78. The van der Waals surface area contributed by atoms with Crippen LogP contribution in [0, 0.1) is 0 Å². The normalized spacial score (nSPS) is 10.2. The fraction of sp³-hybridized carbons (Fsp3) is 0.333. The van der Waals surface area contributed by atoms with Crippen molar-refractivity contribution in [2.24, 2.45) is 0 Å². The Balaban J connectivity index is 1.80. The van der Waals surface area contributed by atoms with E-state index in [2.05, 4.69) is 5.32 Å². The summed E-state index contributed by atoms with van der Waals surface area (Å²) in [5, 5.41) is 2.89. The van der Waals surface area contributed by atoms with Crippen molar-refractivity contribution >= 4 is 11.8 Å². The number of carbonyl (C=O) groups is 2. The molecule has 0 aliphatic rings. The number of para-hydroxylation sites is 1. The molecule has 1 N–H and O–H groups in total. The van der Waals surface area contributed by atoms with Gasteiger partial charge in [0.1, 0.15) is 5.75 Å². The first kappa shape index (κ1) is 19.5. The summed E-state index contributed by atoms with van der Waals surface area (Å²) in [5.41, 5.74) is 2.11. The van der Waals surface area contributed by atoms with Gasteiger partial charge in [-0.05, 0) is 23.6 Å². The van der Waals surface area contributed by atoms with Gasteiger partial charge in [-0.2, -0.15) is 0 Å². The second kappa shape index (κ2) is 10.2. The first-order valence-corrected chi connectivity index (χ1v) is 8.78. The number of amides is 2. The number of ether oxygens (including phenoxy) is 1. The first-order chi connectivity index (χ1) is 12.6. The minimum absolute atomic E-state index is 0.0317. The fourth-order valence-electron chi connectivity index (χ4n) is 2.71. The van der Waals surface area contributed by atoms with Crippen molar-refractivity contribution in [3.05, 3.63) is 65.7 Å². The molecule has 2 amide bonds. The largest absolute Gasteiger partial charge is 0.496 e. The average molecular weight is 354 g/mol. The van der Waals surface area contributed by atoms with E-state index in [4.69, 9.17) is 4.74 Å². The molecule has 5 heteroatoms. The third kappa shape index (κ3) is 6.24. The van der Waals surface area contributed by atoms with Crippen LogP contribution in [0.4, 0.5) is 0 Å². The summed E-state index contributed by atoms with van der Waals surface area (Å²) in [5.74, 6) is 0.727. The van der Waals surface area contributed by atoms with Crippen molar-refractivity contribution < 1.29 is 14.3 Å². The summed E-state index contributed by atoms with van der Waals surface area (Å²) in [6.45, 7) is 3.00. The Kier molecular flexibility index (Phi) is 7.68. The maximum Gasteiger partial charge on any atom is 0.222 e. The Morgan fingerprint density at radius 2 is 1.69 bits per heavy atom. The number of hydrogen-bond donors (Lipinski definition) is 1. The molecule has 26 heavy (non-hydrogen) atoms. The molecule has 0 saturated carbocycles. The summed E-state index contributed by atoms with van der Waals surface area (Å²) in [7, 11) is 1.64. The van der Waals surface area contributed by atoms with Crippen LogP contribution in [0.5, 0.6) is 5.75 Å². The van der Waals surface area contributed by atoms with Crippen molar-refractivity contribution in [1.82, 2.24) is 10.2 Å². The topological polar surface area (TPSA) is 58.6 Å². The molecule has 0 aliphatic heterocycles. The minimum atomic E-state index is -0.0580. The number of hydrogen-bond acceptors (Lipinski definition) is 3. The lowest BCUT2D eigenvalue weighted by Crippen LogP contribution is -2.35. The van der Waals surface area contributed by atoms with Gasteiger partial charge in [0.25, 0.3) is 0 Å². The maximum absolute atomic E-state index is 12.0. The van der Waals surface area contributed by atoms with Gasteiger partial charge in [-0.25, -0.2) is 0 Å². The van der Waals surface area contributed by atoms with Crippen molar-refractivity contribution in [2.45, 2.75) is 26.3 Å². The summed E-state index contributed by atoms with van der Waals surface area (Å²) >= 11 is 0. The Bertz CT molecular complexity index is 716. The lowest BCUT2D eigenvalue weighted by molar-refractivity contribution is -0.129. The van der Waals surface area contributed by atoms with Crippen LogP contribution in [-0.4, -0.2) is 36.9 Å². The third-order valence-electron chi connectivity index (χ3n) is 4.23. The van der Waals surface area contributed by atoms with Crippen LogP contribution >= 0.6 is 0 Å². The number of carbonyl (C=O) groups excluding carboxylic acids is 2. The van der Waals surface area contributed by atoms with Crippen LogP contribution in [-0.2, 0) is 22.6 Å². The molecular formula is C21H26N2O3. The smallest absolute Gasteiger partial charge is 0.222 e. The molecule has 0 fully saturated rings. The van der Waals surface area contributed by atoms with E-state index in [1.165, 1.54) is 6.92 Å². The Labute approximate surface area is 155 Å². The lowest BCUT2D eigenvalue weighted by Gasteiger charge is -2.21. The van der Waals surface area contributed by atoms with E-state index in [1.54, 1.807) is 12.0 Å². The first-order valence-electron chi connectivity index (χ1n) is 8.78. The van der Waals surface area contributed by atoms with E-state index in [-0.39, 0.29) is 11.8 Å². The second-order valence-corrected chi connectivity index (χ2v) is 6.08.